The number of benzene rings is 1. The van der Waals surface area contributed by atoms with Gasteiger partial charge in [-0.05, 0) is 30.7 Å². The molecule has 1 unspecified atom stereocenters. The van der Waals surface area contributed by atoms with Crippen LogP contribution in [0.15, 0.2) is 24.3 Å². The second-order valence-corrected chi connectivity index (χ2v) is 7.64. The first-order valence-corrected chi connectivity index (χ1v) is 10.2. The van der Waals surface area contributed by atoms with Crippen LogP contribution in [0.1, 0.15) is 12.5 Å². The SMILES string of the molecule is C[C@@H]1O[C@@H](OC([C@@H](O)C=O)[C@H](OC(=O)/C=C/c2ccc(O)c(O)c2)[C@H](O)CO)[C@H](O)[C@H](O)[C@H]1O. The number of aliphatic hydroxyl groups is 6. The lowest BCUT2D eigenvalue weighted by molar-refractivity contribution is -0.319. The van der Waals surface area contributed by atoms with Gasteiger partial charge in [0.05, 0.1) is 12.7 Å². The lowest BCUT2D eigenvalue weighted by Gasteiger charge is -2.41. The zero-order valence-corrected chi connectivity index (χ0v) is 18.0. The number of aldehydes is 1. The van der Waals surface area contributed by atoms with Gasteiger partial charge in [0.15, 0.2) is 30.2 Å². The fourth-order valence-corrected chi connectivity index (χ4v) is 3.16. The monoisotopic (exact) mass is 488 g/mol. The summed E-state index contributed by atoms with van der Waals surface area (Å²) in [5, 5.41) is 78.3. The number of carbonyl (C=O) groups is 2. The summed E-state index contributed by atoms with van der Waals surface area (Å²) in [6.45, 7) is 0.373. The van der Waals surface area contributed by atoms with Crippen LogP contribution in [0.2, 0.25) is 0 Å². The molecule has 0 amide bonds. The summed E-state index contributed by atoms with van der Waals surface area (Å²) in [5.41, 5.74) is 0.285. The Bertz CT molecular complexity index is 859. The topological polar surface area (TPSA) is 224 Å². The van der Waals surface area contributed by atoms with Gasteiger partial charge in [0.2, 0.25) is 0 Å². The predicted octanol–water partition coefficient (Wildman–Crippen LogP) is -2.85. The Morgan fingerprint density at radius 3 is 2.35 bits per heavy atom. The molecule has 13 nitrogen and oxygen atoms in total. The van der Waals surface area contributed by atoms with Crippen LogP contribution in [-0.4, -0.2) is 115 Å². The normalized spacial score (nSPS) is 28.7. The summed E-state index contributed by atoms with van der Waals surface area (Å²) < 4.78 is 15.7. The van der Waals surface area contributed by atoms with Crippen LogP contribution in [0.4, 0.5) is 0 Å². The van der Waals surface area contributed by atoms with E-state index in [1.165, 1.54) is 25.1 Å². The van der Waals surface area contributed by atoms with Gasteiger partial charge >= 0.3 is 5.97 Å². The van der Waals surface area contributed by atoms with Gasteiger partial charge < -0.3 is 59.9 Å². The van der Waals surface area contributed by atoms with E-state index in [0.717, 1.165) is 12.1 Å². The van der Waals surface area contributed by atoms with E-state index in [1.54, 1.807) is 0 Å². The molecule has 190 valence electrons. The molecule has 1 heterocycles. The highest BCUT2D eigenvalue weighted by Crippen LogP contribution is 2.27. The molecule has 0 saturated carbocycles. The third-order valence-corrected chi connectivity index (χ3v) is 5.13. The molecule has 1 aromatic carbocycles. The lowest BCUT2D eigenvalue weighted by Crippen LogP contribution is -2.60. The highest BCUT2D eigenvalue weighted by molar-refractivity contribution is 5.87. The maximum absolute atomic E-state index is 12.3. The third-order valence-electron chi connectivity index (χ3n) is 5.13. The highest BCUT2D eigenvalue weighted by atomic mass is 16.7. The van der Waals surface area contributed by atoms with Crippen molar-refractivity contribution in [2.45, 2.75) is 62.0 Å². The first-order valence-electron chi connectivity index (χ1n) is 10.2. The quantitative estimate of drug-likeness (QED) is 0.0719. The van der Waals surface area contributed by atoms with Crippen LogP contribution in [0.25, 0.3) is 6.08 Å². The molecule has 9 atom stereocenters. The maximum atomic E-state index is 12.3. The van der Waals surface area contributed by atoms with Crippen molar-refractivity contribution in [3.05, 3.63) is 29.8 Å². The van der Waals surface area contributed by atoms with Gasteiger partial charge in [-0.1, -0.05) is 6.07 Å². The minimum Gasteiger partial charge on any atom is -0.504 e. The Hall–Kier alpha value is -2.62. The van der Waals surface area contributed by atoms with E-state index in [2.05, 4.69) is 0 Å². The van der Waals surface area contributed by atoms with Crippen molar-refractivity contribution in [3.63, 3.8) is 0 Å². The smallest absolute Gasteiger partial charge is 0.331 e. The average molecular weight is 488 g/mol. The van der Waals surface area contributed by atoms with Crippen LogP contribution in [-0.2, 0) is 23.8 Å². The molecule has 0 bridgehead atoms. The third kappa shape index (κ3) is 6.71. The number of ether oxygens (including phenoxy) is 3. The van der Waals surface area contributed by atoms with Crippen molar-refractivity contribution < 1.29 is 64.7 Å². The number of hydrogen-bond donors (Lipinski definition) is 8. The predicted molar refractivity (Wildman–Crippen MR) is 111 cm³/mol. The number of carbonyl (C=O) groups excluding carboxylic acids is 2. The largest absolute Gasteiger partial charge is 0.504 e. The fraction of sp³-hybridized carbons (Fsp3) is 0.524. The molecular weight excluding hydrogens is 460 g/mol. The molecule has 1 aliphatic heterocycles. The molecule has 0 spiro atoms. The Morgan fingerprint density at radius 2 is 1.76 bits per heavy atom. The molecule has 34 heavy (non-hydrogen) atoms. The van der Waals surface area contributed by atoms with Crippen molar-refractivity contribution in [1.29, 1.82) is 0 Å². The fourth-order valence-electron chi connectivity index (χ4n) is 3.16. The molecule has 0 radical (unpaired) electrons. The van der Waals surface area contributed by atoms with Crippen molar-refractivity contribution in [1.82, 2.24) is 0 Å². The summed E-state index contributed by atoms with van der Waals surface area (Å²) in [5.74, 6) is -1.95. The first kappa shape index (κ1) is 27.6. The van der Waals surface area contributed by atoms with E-state index in [0.29, 0.717) is 0 Å². The summed E-state index contributed by atoms with van der Waals surface area (Å²) in [6, 6.07) is 3.68. The average Bonchev–Trinajstić information content (AvgIpc) is 2.82. The van der Waals surface area contributed by atoms with Crippen molar-refractivity contribution in [2.24, 2.45) is 0 Å². The Balaban J connectivity index is 2.23. The van der Waals surface area contributed by atoms with Crippen molar-refractivity contribution >= 4 is 18.3 Å². The number of hydrogen-bond acceptors (Lipinski definition) is 13. The lowest BCUT2D eigenvalue weighted by atomic mass is 9.99. The summed E-state index contributed by atoms with van der Waals surface area (Å²) in [7, 11) is 0. The Morgan fingerprint density at radius 1 is 1.09 bits per heavy atom. The molecule has 0 aliphatic carbocycles. The standard InChI is InChI=1S/C21H28O13/c1-9-16(29)17(30)18(31)21(32-9)34-20(14(27)8-23)19(13(26)7-22)33-15(28)5-3-10-2-4-11(24)12(25)6-10/h2-6,8-9,13-14,16-22,24-27,29-31H,7H2,1H3/b5-3+/t9-,13+,14-,16-,17+,18+,19+,20?,21-/m0/s1. The first-order chi connectivity index (χ1) is 16.0. The van der Waals surface area contributed by atoms with Gasteiger partial charge in [-0.3, -0.25) is 0 Å². The van der Waals surface area contributed by atoms with E-state index < -0.39 is 73.4 Å². The Kier molecular flexibility index (Phi) is 9.90. The summed E-state index contributed by atoms with van der Waals surface area (Å²) in [6.07, 6.45) is -13.3. The van der Waals surface area contributed by atoms with Gasteiger partial charge in [-0.15, -0.1) is 0 Å². The van der Waals surface area contributed by atoms with Crippen LogP contribution in [0.5, 0.6) is 11.5 Å². The molecule has 13 heteroatoms. The van der Waals surface area contributed by atoms with E-state index in [-0.39, 0.29) is 17.6 Å². The number of phenols is 2. The summed E-state index contributed by atoms with van der Waals surface area (Å²) in [4.78, 5) is 23.6. The van der Waals surface area contributed by atoms with Crippen LogP contribution >= 0.6 is 0 Å². The van der Waals surface area contributed by atoms with Gasteiger partial charge in [-0.2, -0.15) is 0 Å². The van der Waals surface area contributed by atoms with Crippen LogP contribution in [0.3, 0.4) is 0 Å². The zero-order valence-electron chi connectivity index (χ0n) is 18.0. The Labute approximate surface area is 193 Å². The number of esters is 1. The van der Waals surface area contributed by atoms with Gasteiger partial charge in [0.1, 0.15) is 36.6 Å². The molecule has 1 aliphatic rings. The summed E-state index contributed by atoms with van der Waals surface area (Å²) >= 11 is 0. The molecule has 0 aromatic heterocycles. The van der Waals surface area contributed by atoms with Gasteiger partial charge in [0.25, 0.3) is 0 Å². The second kappa shape index (κ2) is 12.2. The zero-order chi connectivity index (χ0) is 25.6. The minimum atomic E-state index is -2.04. The van der Waals surface area contributed by atoms with E-state index in [9.17, 15) is 50.4 Å². The van der Waals surface area contributed by atoms with Crippen LogP contribution < -0.4 is 0 Å². The molecule has 8 N–H and O–H groups in total. The molecule has 1 aromatic rings. The van der Waals surface area contributed by atoms with E-state index >= 15 is 0 Å². The number of aliphatic hydroxyl groups excluding tert-OH is 6. The van der Waals surface area contributed by atoms with Crippen LogP contribution in [0, 0.1) is 0 Å². The number of rotatable bonds is 10. The molecule has 2 rings (SSSR count). The van der Waals surface area contributed by atoms with E-state index in [4.69, 9.17) is 14.2 Å². The molecular formula is C21H28O13. The van der Waals surface area contributed by atoms with Gasteiger partial charge in [-0.25, -0.2) is 4.79 Å². The van der Waals surface area contributed by atoms with E-state index in [1.807, 2.05) is 0 Å². The van der Waals surface area contributed by atoms with Gasteiger partial charge in [0, 0.05) is 6.08 Å². The highest BCUT2D eigenvalue weighted by Gasteiger charge is 2.46. The maximum Gasteiger partial charge on any atom is 0.331 e. The number of phenolic OH excluding ortho intramolecular Hbond substituents is 2. The second-order valence-electron chi connectivity index (χ2n) is 7.64. The van der Waals surface area contributed by atoms with Crippen molar-refractivity contribution in [3.8, 4) is 11.5 Å². The minimum absolute atomic E-state index is 0.00539. The molecule has 1 fully saturated rings. The number of aromatic hydroxyl groups is 2. The molecule has 1 saturated heterocycles. The van der Waals surface area contributed by atoms with Crippen molar-refractivity contribution in [2.75, 3.05) is 6.61 Å².